The van der Waals surface area contributed by atoms with Gasteiger partial charge < -0.3 is 13.6 Å². The van der Waals surface area contributed by atoms with Crippen LogP contribution in [-0.2, 0) is 4.43 Å². The Balaban J connectivity index is 2.89. The van der Waals surface area contributed by atoms with E-state index in [9.17, 15) is 0 Å². The third-order valence-corrected chi connectivity index (χ3v) is 14.7. The topological polar surface area (TPSA) is 15.7 Å². The van der Waals surface area contributed by atoms with E-state index in [-0.39, 0.29) is 0 Å². The normalized spacial score (nSPS) is 12.9. The number of benzene rings is 1. The van der Waals surface area contributed by atoms with Crippen molar-refractivity contribution >= 4 is 21.9 Å². The van der Waals surface area contributed by atoms with Gasteiger partial charge in [-0.05, 0) is 63.5 Å². The van der Waals surface area contributed by atoms with E-state index in [4.69, 9.17) is 4.43 Å². The van der Waals surface area contributed by atoms with Gasteiger partial charge in [-0.2, -0.15) is 0 Å². The molecule has 0 atom stereocenters. The average Bonchev–Trinajstić information content (AvgIpc) is 2.72. The third kappa shape index (κ3) is 7.62. The third-order valence-electron chi connectivity index (χ3n) is 6.40. The Kier molecular flexibility index (Phi) is 12.6. The summed E-state index contributed by atoms with van der Waals surface area (Å²) in [5, 5.41) is 1.59. The molecule has 0 N–H and O–H groups in total. The fourth-order valence-corrected chi connectivity index (χ4v) is 12.6. The van der Waals surface area contributed by atoms with E-state index in [1.807, 2.05) is 0 Å². The minimum absolute atomic E-state index is 0.873. The molecule has 0 saturated carbocycles. The van der Waals surface area contributed by atoms with Crippen molar-refractivity contribution in [2.75, 3.05) is 32.8 Å². The second kappa shape index (κ2) is 13.8. The van der Waals surface area contributed by atoms with Gasteiger partial charge in [-0.1, -0.05) is 83.7 Å². The number of rotatable bonds is 16. The van der Waals surface area contributed by atoms with E-state index in [0.29, 0.717) is 0 Å². The summed E-state index contributed by atoms with van der Waals surface area (Å²) < 4.78 is 11.6. The van der Waals surface area contributed by atoms with Crippen molar-refractivity contribution in [3.8, 4) is 0 Å². The van der Waals surface area contributed by atoms with E-state index < -0.39 is 16.7 Å². The maximum absolute atomic E-state index is 6.00. The van der Waals surface area contributed by atoms with Crippen molar-refractivity contribution in [2.24, 2.45) is 0 Å². The highest BCUT2D eigenvalue weighted by molar-refractivity contribution is 6.87. The van der Waals surface area contributed by atoms with Crippen molar-refractivity contribution in [2.45, 2.75) is 85.5 Å². The smallest absolute Gasteiger partial charge is 0.239 e. The highest BCUT2D eigenvalue weighted by atomic mass is 28.4. The first-order valence-corrected chi connectivity index (χ1v) is 17.3. The summed E-state index contributed by atoms with van der Waals surface area (Å²) in [6, 6.07) is 14.1. The minimum Gasteiger partial charge on any atom is -0.418 e. The first-order chi connectivity index (χ1) is 13.9. The lowest BCUT2D eigenvalue weighted by atomic mass is 10.2. The average molecular weight is 437 g/mol. The molecule has 0 unspecified atom stereocenters. The fourth-order valence-electron chi connectivity index (χ4n) is 4.96. The van der Waals surface area contributed by atoms with Crippen LogP contribution in [-0.4, -0.2) is 58.6 Å². The molecule has 1 aromatic rings. The monoisotopic (exact) mass is 436 g/mol. The van der Waals surface area contributed by atoms with Gasteiger partial charge in [0.1, 0.15) is 0 Å². The molecule has 29 heavy (non-hydrogen) atoms. The molecule has 0 aromatic heterocycles. The quantitative estimate of drug-likeness (QED) is 0.240. The highest BCUT2D eigenvalue weighted by Gasteiger charge is 2.44. The van der Waals surface area contributed by atoms with Gasteiger partial charge in [0.25, 0.3) is 0 Å². The van der Waals surface area contributed by atoms with Crippen LogP contribution in [0.25, 0.3) is 0 Å². The molecule has 5 heteroatoms. The van der Waals surface area contributed by atoms with Crippen molar-refractivity contribution in [1.29, 1.82) is 0 Å². The van der Waals surface area contributed by atoms with Crippen LogP contribution in [0.3, 0.4) is 0 Å². The van der Waals surface area contributed by atoms with Gasteiger partial charge in [-0.3, -0.25) is 0 Å². The van der Waals surface area contributed by atoms with Crippen molar-refractivity contribution in [1.82, 2.24) is 9.13 Å². The molecule has 0 radical (unpaired) electrons. The summed E-state index contributed by atoms with van der Waals surface area (Å²) in [5.74, 6) is 0. The second-order valence-corrected chi connectivity index (χ2v) is 16.9. The van der Waals surface area contributed by atoms with E-state index in [2.05, 4.69) is 87.2 Å². The molecule has 0 aliphatic heterocycles. The summed E-state index contributed by atoms with van der Waals surface area (Å²) in [6.07, 6.45) is 5.36. The van der Waals surface area contributed by atoms with Crippen molar-refractivity contribution in [3.63, 3.8) is 0 Å². The van der Waals surface area contributed by atoms with E-state index in [1.165, 1.54) is 37.8 Å². The van der Waals surface area contributed by atoms with E-state index >= 15 is 0 Å². The Morgan fingerprint density at radius 1 is 0.690 bits per heavy atom. The Morgan fingerprint density at radius 3 is 1.62 bits per heavy atom. The van der Waals surface area contributed by atoms with Crippen LogP contribution in [0.15, 0.2) is 30.3 Å². The Hall–Kier alpha value is -0.466. The van der Waals surface area contributed by atoms with Crippen molar-refractivity contribution in [3.05, 3.63) is 30.3 Å². The predicted octanol–water partition coefficient (Wildman–Crippen LogP) is 5.82. The van der Waals surface area contributed by atoms with Gasteiger partial charge in [0.15, 0.2) is 8.32 Å². The maximum atomic E-state index is 6.00. The molecule has 3 nitrogen and oxygen atoms in total. The van der Waals surface area contributed by atoms with Crippen LogP contribution >= 0.6 is 0 Å². The molecular formula is C24H48N2OSi2. The Labute approximate surface area is 184 Å². The zero-order valence-corrected chi connectivity index (χ0v) is 22.5. The number of nitrogens with zero attached hydrogens (tertiary/aromatic N) is 2. The molecule has 168 valence electrons. The molecule has 0 aliphatic rings. The lowest BCUT2D eigenvalue weighted by molar-refractivity contribution is 0.327. The van der Waals surface area contributed by atoms with E-state index in [1.54, 1.807) is 5.19 Å². The second-order valence-electron chi connectivity index (χ2n) is 8.63. The molecular weight excluding hydrogens is 388 g/mol. The summed E-state index contributed by atoms with van der Waals surface area (Å²) >= 11 is 0. The minimum atomic E-state index is -1.89. The molecule has 0 saturated heterocycles. The lowest BCUT2D eigenvalue weighted by Crippen LogP contribution is -2.72. The number of hydrogen-bond donors (Lipinski definition) is 0. The lowest BCUT2D eigenvalue weighted by Gasteiger charge is -2.48. The van der Waals surface area contributed by atoms with Gasteiger partial charge in [-0.15, -0.1) is 0 Å². The molecule has 1 aromatic carbocycles. The number of hydrogen-bond acceptors (Lipinski definition) is 3. The van der Waals surface area contributed by atoms with Gasteiger partial charge in [0.05, 0.1) is 0 Å². The molecule has 0 aliphatic carbocycles. The van der Waals surface area contributed by atoms with Crippen molar-refractivity contribution < 1.29 is 4.43 Å². The number of unbranched alkanes of at least 4 members (excludes halogenated alkanes) is 3. The van der Waals surface area contributed by atoms with Crippen LogP contribution in [0.1, 0.15) is 60.3 Å². The SMILES string of the molecule is CCO[Si](C)(C)CCCCCC[Si](c1ccccc1)(N(CC)CC)N(CC)CC. The fraction of sp³-hybridized carbons (Fsp3) is 0.750. The maximum Gasteiger partial charge on any atom is 0.239 e. The van der Waals surface area contributed by atoms with Gasteiger partial charge in [-0.25, -0.2) is 0 Å². The van der Waals surface area contributed by atoms with Crippen LogP contribution in [0, 0.1) is 0 Å². The van der Waals surface area contributed by atoms with Crippen LogP contribution in [0.2, 0.25) is 25.2 Å². The van der Waals surface area contributed by atoms with Crippen LogP contribution in [0.4, 0.5) is 0 Å². The van der Waals surface area contributed by atoms with Gasteiger partial charge in [0, 0.05) is 6.61 Å². The highest BCUT2D eigenvalue weighted by Crippen LogP contribution is 2.25. The Morgan fingerprint density at radius 2 is 1.17 bits per heavy atom. The predicted molar refractivity (Wildman–Crippen MR) is 135 cm³/mol. The molecule has 0 spiro atoms. The molecule has 0 bridgehead atoms. The van der Waals surface area contributed by atoms with E-state index in [0.717, 1.165) is 32.8 Å². The Bertz CT molecular complexity index is 519. The van der Waals surface area contributed by atoms with Gasteiger partial charge in [0.2, 0.25) is 8.40 Å². The summed E-state index contributed by atoms with van der Waals surface area (Å²) in [7, 11) is -3.31. The van der Waals surface area contributed by atoms with Gasteiger partial charge >= 0.3 is 0 Å². The first kappa shape index (κ1) is 26.6. The first-order valence-electron chi connectivity index (χ1n) is 12.1. The summed E-state index contributed by atoms with van der Waals surface area (Å²) in [4.78, 5) is 0. The summed E-state index contributed by atoms with van der Waals surface area (Å²) in [6.45, 7) is 21.7. The molecule has 1 rings (SSSR count). The molecule has 0 amide bonds. The zero-order valence-electron chi connectivity index (χ0n) is 20.5. The van der Waals surface area contributed by atoms with Crippen LogP contribution in [0.5, 0.6) is 0 Å². The zero-order chi connectivity index (χ0) is 21.8. The standard InChI is InChI=1S/C24H48N2OSi2/c1-8-25(9-2)29(26(10-3)11-4,24-20-16-15-17-21-24)23-19-14-13-18-22-28(6,7)27-12-5/h15-17,20-21H,8-14,18-19,22-23H2,1-7H3. The largest absolute Gasteiger partial charge is 0.418 e. The van der Waals surface area contributed by atoms with Crippen LogP contribution < -0.4 is 5.19 Å². The molecule has 0 heterocycles. The molecule has 0 fully saturated rings. The summed E-state index contributed by atoms with van der Waals surface area (Å²) in [5.41, 5.74) is 0.